The molecule has 1 heterocycles. The Morgan fingerprint density at radius 1 is 1.07 bits per heavy atom. The van der Waals surface area contributed by atoms with Crippen molar-refractivity contribution in [3.63, 3.8) is 0 Å². The van der Waals surface area contributed by atoms with E-state index in [2.05, 4.69) is 24.4 Å². The third-order valence-corrected chi connectivity index (χ3v) is 5.81. The topological polar surface area (TPSA) is 47.2 Å². The van der Waals surface area contributed by atoms with E-state index in [-0.39, 0.29) is 5.91 Å². The normalized spacial score (nSPS) is 19.3. The molecule has 0 aliphatic carbocycles. The smallest absolute Gasteiger partial charge is 0.279 e. The van der Waals surface area contributed by atoms with Crippen LogP contribution >= 0.6 is 23.2 Å². The number of nitrogens with one attached hydrogen (secondary N) is 3. The zero-order valence-corrected chi connectivity index (χ0v) is 17.8. The molecule has 0 radical (unpaired) electrons. The molecule has 28 heavy (non-hydrogen) atoms. The van der Waals surface area contributed by atoms with Gasteiger partial charge >= 0.3 is 0 Å². The Morgan fingerprint density at radius 2 is 1.71 bits per heavy atom. The molecule has 0 bridgehead atoms. The zero-order valence-electron chi connectivity index (χ0n) is 16.3. The Balaban J connectivity index is 1.50. The minimum Gasteiger partial charge on any atom is -0.496 e. The summed E-state index contributed by atoms with van der Waals surface area (Å²) in [5.41, 5.74) is 2.98. The number of hydrogen-bond donors (Lipinski definition) is 3. The van der Waals surface area contributed by atoms with Gasteiger partial charge in [0.05, 0.1) is 22.8 Å². The third-order valence-electron chi connectivity index (χ3n) is 5.18. The lowest BCUT2D eigenvalue weighted by Gasteiger charge is -2.29. The fraction of sp³-hybridized carbons (Fsp3) is 0.381. The number of piperazine rings is 1. The number of hydrogen-bond acceptors (Lipinski definition) is 2. The maximum Gasteiger partial charge on any atom is 0.279 e. The van der Waals surface area contributed by atoms with Crippen molar-refractivity contribution < 1.29 is 19.3 Å². The number of carbonyl (C=O) groups excluding carboxylic acids is 1. The highest BCUT2D eigenvalue weighted by atomic mass is 35.5. The number of methoxy groups -OCH3 is 1. The number of ether oxygens (including phenoxy) is 1. The molecule has 2 aromatic carbocycles. The van der Waals surface area contributed by atoms with Gasteiger partial charge in [0.2, 0.25) is 0 Å². The SMILES string of the molecule is COc1ccc(C)cc1C[NH+]1CC[NH+](CC(=O)Nc2c(Cl)cccc2Cl)CC1. The Bertz CT molecular complexity index is 816. The van der Waals surface area contributed by atoms with E-state index in [0.717, 1.165) is 38.5 Å². The van der Waals surface area contributed by atoms with Gasteiger partial charge in [-0.1, -0.05) is 40.9 Å². The number of quaternary nitrogens is 2. The van der Waals surface area contributed by atoms with Gasteiger partial charge in [-0.05, 0) is 31.2 Å². The van der Waals surface area contributed by atoms with Crippen LogP contribution in [0.25, 0.3) is 0 Å². The van der Waals surface area contributed by atoms with Crippen molar-refractivity contribution in [3.05, 3.63) is 57.6 Å². The molecule has 1 fully saturated rings. The monoisotopic (exact) mass is 423 g/mol. The van der Waals surface area contributed by atoms with Crippen molar-refractivity contribution in [1.29, 1.82) is 0 Å². The average Bonchev–Trinajstić information content (AvgIpc) is 2.67. The molecule has 0 aromatic heterocycles. The summed E-state index contributed by atoms with van der Waals surface area (Å²) in [4.78, 5) is 15.2. The minimum atomic E-state index is -0.0613. The van der Waals surface area contributed by atoms with Crippen molar-refractivity contribution in [2.45, 2.75) is 13.5 Å². The second kappa shape index (κ2) is 9.61. The van der Waals surface area contributed by atoms with Gasteiger partial charge in [-0.3, -0.25) is 4.79 Å². The van der Waals surface area contributed by atoms with E-state index in [4.69, 9.17) is 27.9 Å². The van der Waals surface area contributed by atoms with E-state index < -0.39 is 0 Å². The van der Waals surface area contributed by atoms with E-state index in [1.54, 1.807) is 25.3 Å². The van der Waals surface area contributed by atoms with Gasteiger partial charge in [0.1, 0.15) is 38.5 Å². The van der Waals surface area contributed by atoms with Crippen LogP contribution in [0.1, 0.15) is 11.1 Å². The maximum atomic E-state index is 12.4. The second-order valence-electron chi connectivity index (χ2n) is 7.31. The summed E-state index contributed by atoms with van der Waals surface area (Å²) in [7, 11) is 1.72. The van der Waals surface area contributed by atoms with Crippen LogP contribution in [0.2, 0.25) is 10.0 Å². The summed E-state index contributed by atoms with van der Waals surface area (Å²) < 4.78 is 5.50. The predicted molar refractivity (Wildman–Crippen MR) is 113 cm³/mol. The lowest BCUT2D eigenvalue weighted by molar-refractivity contribution is -1.02. The molecule has 1 saturated heterocycles. The summed E-state index contributed by atoms with van der Waals surface area (Å²) in [6.45, 7) is 7.41. The van der Waals surface area contributed by atoms with Crippen LogP contribution in [0, 0.1) is 6.92 Å². The average molecular weight is 424 g/mol. The Hall–Kier alpha value is -1.79. The van der Waals surface area contributed by atoms with E-state index in [0.29, 0.717) is 22.3 Å². The first kappa shape index (κ1) is 20.9. The van der Waals surface area contributed by atoms with Gasteiger partial charge in [0.15, 0.2) is 6.54 Å². The quantitative estimate of drug-likeness (QED) is 0.654. The van der Waals surface area contributed by atoms with Crippen molar-refractivity contribution in [2.75, 3.05) is 45.2 Å². The van der Waals surface area contributed by atoms with Crippen molar-refractivity contribution in [3.8, 4) is 5.75 Å². The van der Waals surface area contributed by atoms with Gasteiger partial charge in [-0.15, -0.1) is 0 Å². The molecule has 5 nitrogen and oxygen atoms in total. The molecule has 0 spiro atoms. The predicted octanol–water partition coefficient (Wildman–Crippen LogP) is 1.23. The number of carbonyl (C=O) groups is 1. The van der Waals surface area contributed by atoms with Gasteiger partial charge in [0, 0.05) is 5.56 Å². The summed E-state index contributed by atoms with van der Waals surface area (Å²) >= 11 is 12.3. The van der Waals surface area contributed by atoms with Crippen LogP contribution in [0.5, 0.6) is 5.75 Å². The molecule has 1 aliphatic heterocycles. The lowest BCUT2D eigenvalue weighted by atomic mass is 10.1. The van der Waals surface area contributed by atoms with Crippen LogP contribution in [0.3, 0.4) is 0 Å². The zero-order chi connectivity index (χ0) is 20.1. The van der Waals surface area contributed by atoms with Gasteiger partial charge in [-0.2, -0.15) is 0 Å². The summed E-state index contributed by atoms with van der Waals surface area (Å²) in [6.07, 6.45) is 0. The first-order valence-corrected chi connectivity index (χ1v) is 10.3. The first-order chi connectivity index (χ1) is 13.5. The van der Waals surface area contributed by atoms with Crippen LogP contribution < -0.4 is 19.9 Å². The van der Waals surface area contributed by atoms with Crippen LogP contribution in [0.4, 0.5) is 5.69 Å². The first-order valence-electron chi connectivity index (χ1n) is 9.50. The molecule has 1 aliphatic rings. The molecule has 1 amide bonds. The lowest BCUT2D eigenvalue weighted by Crippen LogP contribution is -3.28. The van der Waals surface area contributed by atoms with E-state index in [1.165, 1.54) is 20.9 Å². The standard InChI is InChI=1S/C21H25Cl2N3O2/c1-15-6-7-19(28-2)16(12-15)13-25-8-10-26(11-9-25)14-20(27)24-21-17(22)4-3-5-18(21)23/h3-7,12H,8-11,13-14H2,1-2H3,(H,24,27)/p+2. The summed E-state index contributed by atoms with van der Waals surface area (Å²) in [5.74, 6) is 0.887. The third kappa shape index (κ3) is 5.39. The fourth-order valence-corrected chi connectivity index (χ4v) is 4.15. The molecule has 0 saturated carbocycles. The number of para-hydroxylation sites is 1. The van der Waals surface area contributed by atoms with Crippen LogP contribution in [-0.4, -0.2) is 45.7 Å². The Morgan fingerprint density at radius 3 is 2.36 bits per heavy atom. The van der Waals surface area contributed by atoms with Gasteiger partial charge in [-0.25, -0.2) is 0 Å². The number of rotatable bonds is 6. The number of amides is 1. The molecule has 0 unspecified atom stereocenters. The number of halogens is 2. The Labute approximate surface area is 176 Å². The van der Waals surface area contributed by atoms with Gasteiger partial charge in [0.25, 0.3) is 5.91 Å². The molecule has 7 heteroatoms. The summed E-state index contributed by atoms with van der Waals surface area (Å²) in [6, 6.07) is 11.5. The number of anilines is 1. The van der Waals surface area contributed by atoms with Crippen molar-refractivity contribution in [1.82, 2.24) is 0 Å². The fourth-order valence-electron chi connectivity index (χ4n) is 3.65. The molecule has 3 rings (SSSR count). The van der Waals surface area contributed by atoms with Crippen LogP contribution in [-0.2, 0) is 11.3 Å². The molecular formula is C21H27Cl2N3O2+2. The molecule has 150 valence electrons. The van der Waals surface area contributed by atoms with E-state index in [1.807, 2.05) is 6.07 Å². The number of aryl methyl sites for hydroxylation is 1. The Kier molecular flexibility index (Phi) is 7.18. The highest BCUT2D eigenvalue weighted by Gasteiger charge is 2.26. The van der Waals surface area contributed by atoms with Crippen molar-refractivity contribution in [2.24, 2.45) is 0 Å². The van der Waals surface area contributed by atoms with Crippen molar-refractivity contribution >= 4 is 34.8 Å². The summed E-state index contributed by atoms with van der Waals surface area (Å²) in [5, 5.41) is 3.76. The molecular weight excluding hydrogens is 397 g/mol. The van der Waals surface area contributed by atoms with Gasteiger partial charge < -0.3 is 19.9 Å². The second-order valence-corrected chi connectivity index (χ2v) is 8.13. The molecule has 2 aromatic rings. The highest BCUT2D eigenvalue weighted by Crippen LogP contribution is 2.29. The largest absolute Gasteiger partial charge is 0.496 e. The number of benzene rings is 2. The van der Waals surface area contributed by atoms with Crippen LogP contribution in [0.15, 0.2) is 36.4 Å². The van der Waals surface area contributed by atoms with E-state index >= 15 is 0 Å². The highest BCUT2D eigenvalue weighted by molar-refractivity contribution is 6.39. The van der Waals surface area contributed by atoms with E-state index in [9.17, 15) is 4.79 Å². The minimum absolute atomic E-state index is 0.0613. The molecule has 3 N–H and O–H groups in total. The maximum absolute atomic E-state index is 12.4. The molecule has 0 atom stereocenters.